The quantitative estimate of drug-likeness (QED) is 0.890. The molecule has 1 saturated carbocycles. The van der Waals surface area contributed by atoms with Gasteiger partial charge in [-0.1, -0.05) is 32.1 Å². The Morgan fingerprint density at radius 3 is 2.33 bits per heavy atom. The molecule has 1 aliphatic rings. The van der Waals surface area contributed by atoms with E-state index in [-0.39, 0.29) is 23.1 Å². The SMILES string of the molecule is O=C(O)c1ccc(F)cc1NC(=O)C1CCCCCCC1. The Bertz CT molecular complexity index is 522. The van der Waals surface area contributed by atoms with E-state index in [0.717, 1.165) is 50.7 Å². The van der Waals surface area contributed by atoms with Crippen LogP contribution < -0.4 is 5.32 Å². The molecule has 0 aromatic heterocycles. The summed E-state index contributed by atoms with van der Waals surface area (Å²) < 4.78 is 13.3. The molecule has 5 heteroatoms. The average Bonchev–Trinajstić information content (AvgIpc) is 2.37. The Morgan fingerprint density at radius 2 is 1.71 bits per heavy atom. The van der Waals surface area contributed by atoms with Crippen molar-refractivity contribution >= 4 is 17.6 Å². The molecule has 1 aliphatic carbocycles. The van der Waals surface area contributed by atoms with Gasteiger partial charge in [-0.25, -0.2) is 9.18 Å². The zero-order valence-electron chi connectivity index (χ0n) is 11.9. The second-order valence-electron chi connectivity index (χ2n) is 5.53. The summed E-state index contributed by atoms with van der Waals surface area (Å²) in [7, 11) is 0. The highest BCUT2D eigenvalue weighted by atomic mass is 19.1. The van der Waals surface area contributed by atoms with Crippen LogP contribution in [-0.2, 0) is 4.79 Å². The van der Waals surface area contributed by atoms with Crippen LogP contribution in [0.15, 0.2) is 18.2 Å². The van der Waals surface area contributed by atoms with Crippen molar-refractivity contribution in [2.75, 3.05) is 5.32 Å². The van der Waals surface area contributed by atoms with E-state index >= 15 is 0 Å². The van der Waals surface area contributed by atoms with Gasteiger partial charge in [0.1, 0.15) is 5.82 Å². The summed E-state index contributed by atoms with van der Waals surface area (Å²) in [6.45, 7) is 0. The predicted octanol–water partition coefficient (Wildman–Crippen LogP) is 3.82. The molecule has 1 aromatic rings. The smallest absolute Gasteiger partial charge is 0.337 e. The van der Waals surface area contributed by atoms with Crippen LogP contribution in [0.25, 0.3) is 0 Å². The monoisotopic (exact) mass is 293 g/mol. The molecular weight excluding hydrogens is 273 g/mol. The number of nitrogens with one attached hydrogen (secondary N) is 1. The molecule has 0 atom stereocenters. The second-order valence-corrected chi connectivity index (χ2v) is 5.53. The zero-order valence-corrected chi connectivity index (χ0v) is 11.9. The maximum Gasteiger partial charge on any atom is 0.337 e. The van der Waals surface area contributed by atoms with Crippen molar-refractivity contribution in [2.24, 2.45) is 5.92 Å². The van der Waals surface area contributed by atoms with E-state index in [4.69, 9.17) is 5.11 Å². The molecule has 4 nitrogen and oxygen atoms in total. The molecule has 1 amide bonds. The van der Waals surface area contributed by atoms with E-state index in [1.807, 2.05) is 0 Å². The lowest BCUT2D eigenvalue weighted by atomic mass is 9.90. The molecule has 0 heterocycles. The van der Waals surface area contributed by atoms with Gasteiger partial charge in [-0.15, -0.1) is 0 Å². The molecule has 1 aromatic carbocycles. The Morgan fingerprint density at radius 1 is 1.10 bits per heavy atom. The van der Waals surface area contributed by atoms with Crippen LogP contribution in [0.3, 0.4) is 0 Å². The number of halogens is 1. The van der Waals surface area contributed by atoms with Crippen molar-refractivity contribution in [1.29, 1.82) is 0 Å². The molecule has 0 spiro atoms. The minimum atomic E-state index is -1.18. The normalized spacial score (nSPS) is 16.8. The van der Waals surface area contributed by atoms with Gasteiger partial charge in [-0.2, -0.15) is 0 Å². The molecule has 2 N–H and O–H groups in total. The molecule has 114 valence electrons. The minimum Gasteiger partial charge on any atom is -0.478 e. The summed E-state index contributed by atoms with van der Waals surface area (Å²) in [6.07, 6.45) is 7.10. The molecule has 0 aliphatic heterocycles. The predicted molar refractivity (Wildman–Crippen MR) is 77.8 cm³/mol. The number of carbonyl (C=O) groups is 2. The van der Waals surface area contributed by atoms with Crippen molar-refractivity contribution in [3.63, 3.8) is 0 Å². The fourth-order valence-corrected chi connectivity index (χ4v) is 2.76. The highest BCUT2D eigenvalue weighted by Crippen LogP contribution is 2.25. The highest BCUT2D eigenvalue weighted by molar-refractivity contribution is 6.01. The Balaban J connectivity index is 2.10. The summed E-state index contributed by atoms with van der Waals surface area (Å²) in [4.78, 5) is 23.4. The molecule has 0 saturated heterocycles. The summed E-state index contributed by atoms with van der Waals surface area (Å²) in [5.74, 6) is -2.06. The first-order valence-corrected chi connectivity index (χ1v) is 7.41. The largest absolute Gasteiger partial charge is 0.478 e. The maximum atomic E-state index is 13.3. The lowest BCUT2D eigenvalue weighted by molar-refractivity contribution is -0.120. The first-order valence-electron chi connectivity index (χ1n) is 7.41. The summed E-state index contributed by atoms with van der Waals surface area (Å²) in [5.41, 5.74) is -0.0508. The van der Waals surface area contributed by atoms with Gasteiger partial charge in [0.15, 0.2) is 0 Å². The van der Waals surface area contributed by atoms with E-state index in [0.29, 0.717) is 0 Å². The van der Waals surface area contributed by atoms with Gasteiger partial charge < -0.3 is 10.4 Å². The van der Waals surface area contributed by atoms with Crippen molar-refractivity contribution in [3.8, 4) is 0 Å². The van der Waals surface area contributed by atoms with Gasteiger partial charge in [-0.3, -0.25) is 4.79 Å². The summed E-state index contributed by atoms with van der Waals surface area (Å²) >= 11 is 0. The number of rotatable bonds is 3. The van der Waals surface area contributed by atoms with E-state index in [2.05, 4.69) is 5.32 Å². The molecule has 2 rings (SSSR count). The van der Waals surface area contributed by atoms with Crippen LogP contribution >= 0.6 is 0 Å². The van der Waals surface area contributed by atoms with Crippen LogP contribution in [0, 0.1) is 11.7 Å². The molecule has 0 radical (unpaired) electrons. The summed E-state index contributed by atoms with van der Waals surface area (Å²) in [6, 6.07) is 3.31. The highest BCUT2D eigenvalue weighted by Gasteiger charge is 2.21. The van der Waals surface area contributed by atoms with Gasteiger partial charge >= 0.3 is 5.97 Å². The van der Waals surface area contributed by atoms with Crippen LogP contribution in [0.1, 0.15) is 55.3 Å². The Labute approximate surface area is 123 Å². The topological polar surface area (TPSA) is 66.4 Å². The third-order valence-corrected chi connectivity index (χ3v) is 3.95. The lowest BCUT2D eigenvalue weighted by Crippen LogP contribution is -2.24. The van der Waals surface area contributed by atoms with E-state index < -0.39 is 11.8 Å². The van der Waals surface area contributed by atoms with E-state index in [9.17, 15) is 14.0 Å². The molecular formula is C16H20FNO3. The van der Waals surface area contributed by atoms with Crippen LogP contribution in [-0.4, -0.2) is 17.0 Å². The number of hydrogen-bond acceptors (Lipinski definition) is 2. The fourth-order valence-electron chi connectivity index (χ4n) is 2.76. The summed E-state index contributed by atoms with van der Waals surface area (Å²) in [5, 5.41) is 11.7. The molecule has 1 fully saturated rings. The van der Waals surface area contributed by atoms with Crippen molar-refractivity contribution < 1.29 is 19.1 Å². The van der Waals surface area contributed by atoms with Gasteiger partial charge in [0.05, 0.1) is 11.3 Å². The molecule has 0 bridgehead atoms. The number of aromatic carboxylic acids is 1. The van der Waals surface area contributed by atoms with Gasteiger partial charge in [0.25, 0.3) is 0 Å². The number of hydrogen-bond donors (Lipinski definition) is 2. The lowest BCUT2D eigenvalue weighted by Gasteiger charge is -2.19. The first kappa shape index (κ1) is 15.5. The van der Waals surface area contributed by atoms with Gasteiger partial charge in [0.2, 0.25) is 5.91 Å². The van der Waals surface area contributed by atoms with Crippen molar-refractivity contribution in [1.82, 2.24) is 0 Å². The van der Waals surface area contributed by atoms with Gasteiger partial charge in [-0.05, 0) is 31.0 Å². The number of anilines is 1. The number of benzene rings is 1. The van der Waals surface area contributed by atoms with E-state index in [1.54, 1.807) is 0 Å². The number of carbonyl (C=O) groups excluding carboxylic acids is 1. The zero-order chi connectivity index (χ0) is 15.2. The van der Waals surface area contributed by atoms with E-state index in [1.165, 1.54) is 12.5 Å². The van der Waals surface area contributed by atoms with Crippen molar-refractivity contribution in [3.05, 3.63) is 29.6 Å². The van der Waals surface area contributed by atoms with Crippen LogP contribution in [0.4, 0.5) is 10.1 Å². The molecule has 0 unspecified atom stereocenters. The number of amides is 1. The van der Waals surface area contributed by atoms with Crippen LogP contribution in [0.5, 0.6) is 0 Å². The van der Waals surface area contributed by atoms with Crippen molar-refractivity contribution in [2.45, 2.75) is 44.9 Å². The molecule has 21 heavy (non-hydrogen) atoms. The third kappa shape index (κ3) is 4.28. The maximum absolute atomic E-state index is 13.3. The first-order chi connectivity index (χ1) is 10.1. The fraction of sp³-hybridized carbons (Fsp3) is 0.500. The van der Waals surface area contributed by atoms with Gasteiger partial charge in [0, 0.05) is 5.92 Å². The number of carboxylic acids is 1. The second kappa shape index (κ2) is 7.20. The Hall–Kier alpha value is -1.91. The van der Waals surface area contributed by atoms with Crippen LogP contribution in [0.2, 0.25) is 0 Å². The number of carboxylic acid groups (broad SMARTS) is 1. The standard InChI is InChI=1S/C16H20FNO3/c17-12-8-9-13(16(20)21)14(10-12)18-15(19)11-6-4-2-1-3-5-7-11/h8-11H,1-7H2,(H,18,19)(H,20,21). The Kier molecular flexibility index (Phi) is 5.31. The average molecular weight is 293 g/mol. The minimum absolute atomic E-state index is 0.0366. The third-order valence-electron chi connectivity index (χ3n) is 3.95.